The maximum absolute atomic E-state index is 13.2. The molecule has 2 heterocycles. The Hall–Kier alpha value is -3.74. The zero-order valence-electron chi connectivity index (χ0n) is 19.2. The number of benzene rings is 2. The number of nitrogens with zero attached hydrogens (tertiary/aromatic N) is 2. The summed E-state index contributed by atoms with van der Waals surface area (Å²) in [4.78, 5) is 23.0. The molecule has 1 aliphatic rings. The van der Waals surface area contributed by atoms with Gasteiger partial charge in [0.1, 0.15) is 5.00 Å². The average Bonchev–Trinajstić information content (AvgIpc) is 3.45. The van der Waals surface area contributed by atoms with E-state index in [9.17, 15) is 13.2 Å². The molecule has 0 radical (unpaired) electrons. The Bertz CT molecular complexity index is 1570. The van der Waals surface area contributed by atoms with Gasteiger partial charge in [-0.3, -0.25) is 15.4 Å². The Morgan fingerprint density at radius 3 is 2.56 bits per heavy atom. The molecule has 0 bridgehead atoms. The minimum atomic E-state index is -4.09. The number of anilines is 4. The number of carbonyl (C=O) groups is 1. The van der Waals surface area contributed by atoms with Crippen LogP contribution in [0.15, 0.2) is 53.4 Å². The summed E-state index contributed by atoms with van der Waals surface area (Å²) in [5.41, 5.74) is 4.62. The smallest absolute Gasteiger partial charge is 0.341 e. The molecule has 1 aliphatic carbocycles. The van der Waals surface area contributed by atoms with E-state index in [1.807, 2.05) is 11.5 Å². The number of rotatable bonds is 8. The number of aromatic nitrogens is 2. The second-order valence-corrected chi connectivity index (χ2v) is 10.8. The molecule has 0 atom stereocenters. The maximum atomic E-state index is 13.2. The summed E-state index contributed by atoms with van der Waals surface area (Å²) in [6.07, 6.45) is 2.61. The lowest BCUT2D eigenvalue weighted by Gasteiger charge is -2.14. The van der Waals surface area contributed by atoms with Crippen LogP contribution in [0.4, 0.5) is 22.3 Å². The van der Waals surface area contributed by atoms with Gasteiger partial charge in [0.15, 0.2) is 11.6 Å². The molecule has 0 spiro atoms. The lowest BCUT2D eigenvalue weighted by molar-refractivity contribution is 0.0527. The first-order valence-electron chi connectivity index (χ1n) is 11.3. The molecule has 4 N–H and O–H groups in total. The van der Waals surface area contributed by atoms with E-state index in [2.05, 4.69) is 20.0 Å². The van der Waals surface area contributed by atoms with E-state index in [-0.39, 0.29) is 28.8 Å². The topological polar surface area (TPSA) is 143 Å². The van der Waals surface area contributed by atoms with Crippen LogP contribution in [0.5, 0.6) is 0 Å². The average molecular weight is 526 g/mol. The predicted molar refractivity (Wildman–Crippen MR) is 138 cm³/mol. The largest absolute Gasteiger partial charge is 0.462 e. The van der Waals surface area contributed by atoms with Crippen molar-refractivity contribution in [2.45, 2.75) is 31.1 Å². The minimum Gasteiger partial charge on any atom is -0.462 e. The van der Waals surface area contributed by atoms with Gasteiger partial charge in [0.2, 0.25) is 0 Å². The molecular weight excluding hydrogens is 502 g/mol. The minimum absolute atomic E-state index is 0.0283. The van der Waals surface area contributed by atoms with Crippen molar-refractivity contribution in [2.75, 3.05) is 22.1 Å². The molecule has 0 unspecified atom stereocenters. The molecule has 36 heavy (non-hydrogen) atoms. The molecule has 186 valence electrons. The van der Waals surface area contributed by atoms with Crippen molar-refractivity contribution in [3.05, 3.63) is 64.5 Å². The van der Waals surface area contributed by atoms with Gasteiger partial charge in [0.05, 0.1) is 33.8 Å². The number of fused-ring (bicyclic) bond motifs is 2. The van der Waals surface area contributed by atoms with E-state index < -0.39 is 16.0 Å². The summed E-state index contributed by atoms with van der Waals surface area (Å²) in [6.45, 7) is 1.99. The van der Waals surface area contributed by atoms with Crippen LogP contribution in [0.1, 0.15) is 34.1 Å². The zero-order chi connectivity index (χ0) is 25.3. The van der Waals surface area contributed by atoms with Crippen molar-refractivity contribution in [2.24, 2.45) is 0 Å². The third kappa shape index (κ3) is 4.57. The van der Waals surface area contributed by atoms with Gasteiger partial charge in [-0.1, -0.05) is 18.2 Å². The van der Waals surface area contributed by atoms with Crippen LogP contribution < -0.4 is 15.5 Å². The van der Waals surface area contributed by atoms with E-state index in [1.165, 1.54) is 35.6 Å². The van der Waals surface area contributed by atoms with Gasteiger partial charge in [-0.15, -0.1) is 11.3 Å². The summed E-state index contributed by atoms with van der Waals surface area (Å²) in [6, 6.07) is 12.8. The van der Waals surface area contributed by atoms with Crippen LogP contribution >= 0.6 is 11.3 Å². The van der Waals surface area contributed by atoms with Gasteiger partial charge in [-0.05, 0) is 62.1 Å². The number of aryl methyl sites for hydroxylation is 1. The molecule has 2 aromatic carbocycles. The third-order valence-corrected chi connectivity index (χ3v) is 8.25. The molecule has 0 aliphatic heterocycles. The summed E-state index contributed by atoms with van der Waals surface area (Å²) < 4.78 is 34.2. The molecule has 0 saturated heterocycles. The Morgan fingerprint density at radius 2 is 1.83 bits per heavy atom. The first-order chi connectivity index (χ1) is 17.4. The van der Waals surface area contributed by atoms with E-state index in [1.54, 1.807) is 25.1 Å². The highest BCUT2D eigenvalue weighted by Crippen LogP contribution is 2.41. The summed E-state index contributed by atoms with van der Waals surface area (Å²) in [5.74, 6) is -0.304. The number of sulfonamides is 1. The molecule has 0 amide bonds. The number of ether oxygens (including phenoxy) is 1. The van der Waals surface area contributed by atoms with Crippen molar-refractivity contribution in [3.8, 4) is 0 Å². The van der Waals surface area contributed by atoms with Gasteiger partial charge >= 0.3 is 5.97 Å². The van der Waals surface area contributed by atoms with E-state index in [0.29, 0.717) is 21.6 Å². The lowest BCUT2D eigenvalue weighted by atomic mass is 10.1. The molecule has 10 nitrogen and oxygen atoms in total. The third-order valence-electron chi connectivity index (χ3n) is 5.71. The normalized spacial score (nSPS) is 12.8. The van der Waals surface area contributed by atoms with E-state index in [0.717, 1.165) is 29.7 Å². The Balaban J connectivity index is 1.59. The standard InChI is InChI=1S/C24H23N5O5S2/c1-2-34-24(30)20-16-9-6-12-19(16)35-23(20)27-21-22(26-18-11-4-3-10-17(18)25-21)29-36(32,33)15-8-5-7-14(13-15)28-31/h3-5,7-8,10-11,13,28,31H,2,6,9,12H2,1H3,(H,25,27)(H,26,29). The van der Waals surface area contributed by atoms with Crippen LogP contribution in [-0.2, 0) is 27.6 Å². The number of hydrogen-bond acceptors (Lipinski definition) is 10. The highest BCUT2D eigenvalue weighted by atomic mass is 32.2. The fraction of sp³-hybridized carbons (Fsp3) is 0.208. The fourth-order valence-corrected chi connectivity index (χ4v) is 6.43. The number of carbonyl (C=O) groups excluding carboxylic acids is 1. The van der Waals surface area contributed by atoms with Crippen molar-refractivity contribution >= 4 is 60.7 Å². The SMILES string of the molecule is CCOC(=O)c1c(Nc2nc3ccccc3nc2NS(=O)(=O)c2cccc(NO)c2)sc2c1CCC2. The first kappa shape index (κ1) is 24.0. The molecular formula is C24H23N5O5S2. The number of hydrogen-bond donors (Lipinski definition) is 4. The van der Waals surface area contributed by atoms with Crippen LogP contribution in [0, 0.1) is 0 Å². The van der Waals surface area contributed by atoms with Gasteiger partial charge in [0, 0.05) is 4.88 Å². The quantitative estimate of drug-likeness (QED) is 0.190. The van der Waals surface area contributed by atoms with Crippen LogP contribution in [0.25, 0.3) is 11.0 Å². The predicted octanol–water partition coefficient (Wildman–Crippen LogP) is 4.70. The van der Waals surface area contributed by atoms with Crippen molar-refractivity contribution in [3.63, 3.8) is 0 Å². The molecule has 2 aromatic heterocycles. The Kier molecular flexibility index (Phi) is 6.48. The lowest BCUT2D eigenvalue weighted by Crippen LogP contribution is -2.16. The fourth-order valence-electron chi connectivity index (χ4n) is 4.10. The van der Waals surface area contributed by atoms with Crippen LogP contribution in [0.2, 0.25) is 0 Å². The number of nitrogens with one attached hydrogen (secondary N) is 3. The van der Waals surface area contributed by atoms with Crippen molar-refractivity contribution < 1.29 is 23.2 Å². The van der Waals surface area contributed by atoms with Crippen LogP contribution in [0.3, 0.4) is 0 Å². The molecule has 12 heteroatoms. The van der Waals surface area contributed by atoms with Gasteiger partial charge < -0.3 is 10.1 Å². The van der Waals surface area contributed by atoms with Crippen molar-refractivity contribution in [1.82, 2.24) is 9.97 Å². The monoisotopic (exact) mass is 525 g/mol. The highest BCUT2D eigenvalue weighted by molar-refractivity contribution is 7.92. The highest BCUT2D eigenvalue weighted by Gasteiger charge is 2.29. The second kappa shape index (κ2) is 9.72. The number of esters is 1. The molecule has 0 saturated carbocycles. The summed E-state index contributed by atoms with van der Waals surface area (Å²) >= 11 is 1.44. The van der Waals surface area contributed by atoms with E-state index in [4.69, 9.17) is 9.94 Å². The number of thiophene rings is 1. The Labute approximate surface area is 211 Å². The van der Waals surface area contributed by atoms with Crippen molar-refractivity contribution in [1.29, 1.82) is 0 Å². The van der Waals surface area contributed by atoms with E-state index >= 15 is 0 Å². The zero-order valence-corrected chi connectivity index (χ0v) is 20.9. The summed E-state index contributed by atoms with van der Waals surface area (Å²) in [5, 5.41) is 12.9. The summed E-state index contributed by atoms with van der Waals surface area (Å²) in [7, 11) is -4.09. The second-order valence-electron chi connectivity index (χ2n) is 8.06. The first-order valence-corrected chi connectivity index (χ1v) is 13.6. The van der Waals surface area contributed by atoms with Gasteiger partial charge in [-0.2, -0.15) is 0 Å². The molecule has 0 fully saturated rings. The molecule has 5 rings (SSSR count). The van der Waals surface area contributed by atoms with Crippen LogP contribution in [-0.4, -0.2) is 36.2 Å². The molecule has 4 aromatic rings. The maximum Gasteiger partial charge on any atom is 0.341 e. The Morgan fingerprint density at radius 1 is 1.08 bits per heavy atom. The number of para-hydroxylation sites is 2. The van der Waals surface area contributed by atoms with Gasteiger partial charge in [-0.25, -0.2) is 23.2 Å². The van der Waals surface area contributed by atoms with Gasteiger partial charge in [0.25, 0.3) is 10.0 Å².